The second-order valence-corrected chi connectivity index (χ2v) is 7.16. The SMILES string of the molecule is NC(=O)c1ccc(F)c(NC2C3CC4CC(C3)CC2C4)c1. The van der Waals surface area contributed by atoms with E-state index in [0.717, 1.165) is 11.8 Å². The smallest absolute Gasteiger partial charge is 0.248 e. The fourth-order valence-corrected chi connectivity index (χ4v) is 5.13. The first-order valence-electron chi connectivity index (χ1n) is 7.96. The lowest BCUT2D eigenvalue weighted by molar-refractivity contribution is 0.00744. The Morgan fingerprint density at radius 2 is 1.71 bits per heavy atom. The first-order chi connectivity index (χ1) is 10.1. The number of rotatable bonds is 3. The molecule has 4 aliphatic carbocycles. The lowest BCUT2D eigenvalue weighted by Crippen LogP contribution is -2.51. The summed E-state index contributed by atoms with van der Waals surface area (Å²) in [5, 5.41) is 3.40. The summed E-state index contributed by atoms with van der Waals surface area (Å²) >= 11 is 0. The van der Waals surface area contributed by atoms with Crippen molar-refractivity contribution in [2.24, 2.45) is 29.4 Å². The quantitative estimate of drug-likeness (QED) is 0.897. The minimum Gasteiger partial charge on any atom is -0.379 e. The molecule has 3 nitrogen and oxygen atoms in total. The minimum absolute atomic E-state index is 0.297. The molecule has 5 rings (SSSR count). The predicted molar refractivity (Wildman–Crippen MR) is 79.4 cm³/mol. The molecule has 4 fully saturated rings. The van der Waals surface area contributed by atoms with Gasteiger partial charge in [-0.2, -0.15) is 0 Å². The third-order valence-electron chi connectivity index (χ3n) is 5.80. The number of anilines is 1. The normalized spacial score (nSPS) is 36.7. The second kappa shape index (κ2) is 4.72. The Morgan fingerprint density at radius 3 is 2.29 bits per heavy atom. The number of hydrogen-bond donors (Lipinski definition) is 2. The highest BCUT2D eigenvalue weighted by molar-refractivity contribution is 5.93. The zero-order chi connectivity index (χ0) is 14.6. The summed E-state index contributed by atoms with van der Waals surface area (Å²) < 4.78 is 14.0. The lowest BCUT2D eigenvalue weighted by Gasteiger charge is -2.54. The molecule has 3 N–H and O–H groups in total. The number of benzene rings is 1. The van der Waals surface area contributed by atoms with Crippen LogP contribution in [0.25, 0.3) is 0 Å². The monoisotopic (exact) mass is 288 g/mol. The molecule has 1 aromatic rings. The van der Waals surface area contributed by atoms with E-state index in [2.05, 4.69) is 5.32 Å². The Hall–Kier alpha value is -1.58. The first-order valence-corrected chi connectivity index (χ1v) is 7.96. The van der Waals surface area contributed by atoms with E-state index >= 15 is 0 Å². The topological polar surface area (TPSA) is 55.1 Å². The molecule has 1 aromatic carbocycles. The number of halogens is 1. The van der Waals surface area contributed by atoms with E-state index < -0.39 is 5.91 Å². The summed E-state index contributed by atoms with van der Waals surface area (Å²) in [5.41, 5.74) is 6.09. The van der Waals surface area contributed by atoms with Crippen LogP contribution in [0.5, 0.6) is 0 Å². The van der Waals surface area contributed by atoms with Crippen LogP contribution in [-0.2, 0) is 0 Å². The van der Waals surface area contributed by atoms with E-state index in [0.29, 0.717) is 29.1 Å². The summed E-state index contributed by atoms with van der Waals surface area (Å²) in [5.74, 6) is 2.31. The van der Waals surface area contributed by atoms with E-state index in [1.165, 1.54) is 44.2 Å². The molecule has 4 heteroatoms. The summed E-state index contributed by atoms with van der Waals surface area (Å²) in [6, 6.07) is 4.69. The Kier molecular flexibility index (Phi) is 2.95. The zero-order valence-electron chi connectivity index (χ0n) is 12.0. The molecule has 0 atom stereocenters. The average molecular weight is 288 g/mol. The number of nitrogens with two attached hydrogens (primary N) is 1. The third kappa shape index (κ3) is 2.21. The molecule has 1 amide bonds. The number of carbonyl (C=O) groups is 1. The number of amides is 1. The van der Waals surface area contributed by atoms with Gasteiger partial charge in [0.2, 0.25) is 5.91 Å². The number of carbonyl (C=O) groups excluding carboxylic acids is 1. The van der Waals surface area contributed by atoms with Gasteiger partial charge in [0.05, 0.1) is 5.69 Å². The van der Waals surface area contributed by atoms with Gasteiger partial charge in [-0.3, -0.25) is 4.79 Å². The fourth-order valence-electron chi connectivity index (χ4n) is 5.13. The van der Waals surface area contributed by atoms with Crippen molar-refractivity contribution in [2.75, 3.05) is 5.32 Å². The number of primary amides is 1. The van der Waals surface area contributed by atoms with E-state index in [-0.39, 0.29) is 5.82 Å². The maximum Gasteiger partial charge on any atom is 0.248 e. The molecular formula is C17H21FN2O. The van der Waals surface area contributed by atoms with Gasteiger partial charge >= 0.3 is 0 Å². The van der Waals surface area contributed by atoms with Crippen molar-refractivity contribution in [3.63, 3.8) is 0 Å². The standard InChI is InChI=1S/C17H21FN2O/c18-14-2-1-11(17(19)21)8-15(14)20-16-12-4-9-3-10(6-12)7-13(16)5-9/h1-2,8-10,12-13,16,20H,3-7H2,(H2,19,21). The highest BCUT2D eigenvalue weighted by atomic mass is 19.1. The maximum atomic E-state index is 14.0. The van der Waals surface area contributed by atoms with Crippen molar-refractivity contribution >= 4 is 11.6 Å². The molecule has 0 heterocycles. The molecule has 0 radical (unpaired) electrons. The van der Waals surface area contributed by atoms with Crippen LogP contribution in [-0.4, -0.2) is 11.9 Å². The Bertz CT molecular complexity index is 558. The van der Waals surface area contributed by atoms with Gasteiger partial charge in [0.1, 0.15) is 5.82 Å². The molecule has 0 saturated heterocycles. The Morgan fingerprint density at radius 1 is 1.10 bits per heavy atom. The predicted octanol–water partition coefficient (Wildman–Crippen LogP) is 3.16. The Balaban J connectivity index is 1.59. The fraction of sp³-hybridized carbons (Fsp3) is 0.588. The Labute approximate surface area is 124 Å². The highest BCUT2D eigenvalue weighted by Crippen LogP contribution is 2.54. The average Bonchev–Trinajstić information content (AvgIpc) is 2.43. The van der Waals surface area contributed by atoms with Crippen LogP contribution in [0, 0.1) is 29.5 Å². The summed E-state index contributed by atoms with van der Waals surface area (Å²) in [6.45, 7) is 0. The van der Waals surface area contributed by atoms with E-state index in [1.54, 1.807) is 6.07 Å². The van der Waals surface area contributed by atoms with Crippen molar-refractivity contribution in [3.8, 4) is 0 Å². The van der Waals surface area contributed by atoms with E-state index in [4.69, 9.17) is 5.73 Å². The van der Waals surface area contributed by atoms with Crippen molar-refractivity contribution in [2.45, 2.75) is 38.1 Å². The van der Waals surface area contributed by atoms with Gasteiger partial charge in [0.15, 0.2) is 0 Å². The molecule has 0 aliphatic heterocycles. The van der Waals surface area contributed by atoms with Crippen LogP contribution in [0.3, 0.4) is 0 Å². The molecule has 0 spiro atoms. The molecule has 4 aliphatic rings. The molecular weight excluding hydrogens is 267 g/mol. The highest BCUT2D eigenvalue weighted by Gasteiger charge is 2.48. The molecule has 0 aromatic heterocycles. The van der Waals surface area contributed by atoms with Crippen LogP contribution < -0.4 is 11.1 Å². The van der Waals surface area contributed by atoms with Crippen molar-refractivity contribution in [3.05, 3.63) is 29.6 Å². The van der Waals surface area contributed by atoms with E-state index in [9.17, 15) is 9.18 Å². The lowest BCUT2D eigenvalue weighted by atomic mass is 9.54. The maximum absolute atomic E-state index is 14.0. The van der Waals surface area contributed by atoms with Gasteiger partial charge in [-0.1, -0.05) is 0 Å². The summed E-state index contributed by atoms with van der Waals surface area (Å²) in [7, 11) is 0. The van der Waals surface area contributed by atoms with Crippen molar-refractivity contribution < 1.29 is 9.18 Å². The van der Waals surface area contributed by atoms with Crippen LogP contribution in [0.1, 0.15) is 42.5 Å². The van der Waals surface area contributed by atoms with Crippen LogP contribution in [0.15, 0.2) is 18.2 Å². The second-order valence-electron chi connectivity index (χ2n) is 7.16. The van der Waals surface area contributed by atoms with Crippen molar-refractivity contribution in [1.29, 1.82) is 0 Å². The van der Waals surface area contributed by atoms with Gasteiger partial charge in [-0.15, -0.1) is 0 Å². The number of hydrogen-bond acceptors (Lipinski definition) is 2. The van der Waals surface area contributed by atoms with E-state index in [1.807, 2.05) is 0 Å². The van der Waals surface area contributed by atoms with Crippen LogP contribution in [0.4, 0.5) is 10.1 Å². The first kappa shape index (κ1) is 13.1. The van der Waals surface area contributed by atoms with Gasteiger partial charge in [-0.25, -0.2) is 4.39 Å². The van der Waals surface area contributed by atoms with Gasteiger partial charge in [0.25, 0.3) is 0 Å². The van der Waals surface area contributed by atoms with Gasteiger partial charge in [-0.05, 0) is 74.0 Å². The molecule has 21 heavy (non-hydrogen) atoms. The van der Waals surface area contributed by atoms with Crippen LogP contribution >= 0.6 is 0 Å². The summed E-state index contributed by atoms with van der Waals surface area (Å²) in [4.78, 5) is 11.3. The van der Waals surface area contributed by atoms with Crippen molar-refractivity contribution in [1.82, 2.24) is 0 Å². The molecule has 0 unspecified atom stereocenters. The van der Waals surface area contributed by atoms with Crippen LogP contribution in [0.2, 0.25) is 0 Å². The van der Waals surface area contributed by atoms with Gasteiger partial charge in [0, 0.05) is 11.6 Å². The molecule has 4 bridgehead atoms. The minimum atomic E-state index is -0.511. The number of nitrogens with one attached hydrogen (secondary N) is 1. The largest absolute Gasteiger partial charge is 0.379 e. The third-order valence-corrected chi connectivity index (χ3v) is 5.80. The molecule has 4 saturated carbocycles. The zero-order valence-corrected chi connectivity index (χ0v) is 12.0. The molecule has 112 valence electrons. The van der Waals surface area contributed by atoms with Gasteiger partial charge < -0.3 is 11.1 Å². The summed E-state index contributed by atoms with van der Waals surface area (Å²) in [6.07, 6.45) is 6.53.